The average Bonchev–Trinajstić information content (AvgIpc) is 3.01. The number of carbonyl (C=O) groups excluding carboxylic acids is 2. The number of hydrogen-bond donors (Lipinski definition) is 1. The van der Waals surface area contributed by atoms with Crippen LogP contribution in [-0.2, 0) is 6.42 Å². The molecule has 1 fully saturated rings. The molecule has 3 amide bonds. The Labute approximate surface area is 182 Å². The molecule has 5 nitrogen and oxygen atoms in total. The van der Waals surface area contributed by atoms with E-state index < -0.39 is 0 Å². The van der Waals surface area contributed by atoms with Crippen molar-refractivity contribution in [1.29, 1.82) is 0 Å². The first kappa shape index (κ1) is 22.7. The molecule has 2 aromatic rings. The van der Waals surface area contributed by atoms with Gasteiger partial charge in [-0.3, -0.25) is 4.79 Å². The van der Waals surface area contributed by atoms with Crippen molar-refractivity contribution in [2.75, 3.05) is 26.2 Å². The first-order valence-corrected chi connectivity index (χ1v) is 10.7. The van der Waals surface area contributed by atoms with Gasteiger partial charge in [0.15, 0.2) is 0 Å². The van der Waals surface area contributed by atoms with Gasteiger partial charge in [0.25, 0.3) is 5.91 Å². The van der Waals surface area contributed by atoms with Crippen LogP contribution in [0.15, 0.2) is 48.5 Å². The molecule has 3 rings (SSSR count). The molecule has 1 aliphatic rings. The van der Waals surface area contributed by atoms with Gasteiger partial charge in [0, 0.05) is 37.8 Å². The molecule has 0 aromatic heterocycles. The van der Waals surface area contributed by atoms with Gasteiger partial charge in [-0.2, -0.15) is 0 Å². The molecule has 2 aromatic carbocycles. The van der Waals surface area contributed by atoms with Crippen molar-refractivity contribution in [1.82, 2.24) is 15.1 Å². The van der Waals surface area contributed by atoms with Gasteiger partial charge in [-0.15, -0.1) is 0 Å². The predicted molar refractivity (Wildman–Crippen MR) is 116 cm³/mol. The number of rotatable bonds is 5. The number of carbonyl (C=O) groups is 2. The van der Waals surface area contributed by atoms with E-state index in [1.54, 1.807) is 21.9 Å². The molecule has 0 saturated carbocycles. The normalized spacial score (nSPS) is 15.5. The van der Waals surface area contributed by atoms with E-state index in [0.29, 0.717) is 44.6 Å². The summed E-state index contributed by atoms with van der Waals surface area (Å²) >= 11 is 0. The summed E-state index contributed by atoms with van der Waals surface area (Å²) in [5.74, 6) is -0.607. The molecule has 1 heterocycles. The minimum atomic E-state index is -0.379. The number of nitrogens with one attached hydrogen (secondary N) is 1. The maximum absolute atomic E-state index is 13.2. The Morgan fingerprint density at radius 2 is 1.42 bits per heavy atom. The lowest BCUT2D eigenvalue weighted by molar-refractivity contribution is 0.0762. The van der Waals surface area contributed by atoms with Crippen molar-refractivity contribution in [2.24, 2.45) is 5.92 Å². The smallest absolute Gasteiger partial charge is 0.317 e. The lowest BCUT2D eigenvalue weighted by Gasteiger charge is -2.28. The summed E-state index contributed by atoms with van der Waals surface area (Å²) in [5, 5.41) is 3.11. The van der Waals surface area contributed by atoms with Gasteiger partial charge in [-0.25, -0.2) is 13.6 Å². The number of benzene rings is 2. The molecule has 0 radical (unpaired) electrons. The van der Waals surface area contributed by atoms with Crippen LogP contribution in [0.4, 0.5) is 13.6 Å². The van der Waals surface area contributed by atoms with Crippen LogP contribution < -0.4 is 5.32 Å². The monoisotopic (exact) mass is 429 g/mol. The Hall–Kier alpha value is -2.96. The average molecular weight is 430 g/mol. The summed E-state index contributed by atoms with van der Waals surface area (Å²) < 4.78 is 26.3. The van der Waals surface area contributed by atoms with Crippen molar-refractivity contribution in [3.8, 4) is 0 Å². The maximum atomic E-state index is 13.2. The summed E-state index contributed by atoms with van der Waals surface area (Å²) in [6.07, 6.45) is 1.29. The number of amides is 3. The molecule has 1 atom stereocenters. The summed E-state index contributed by atoms with van der Waals surface area (Å²) in [4.78, 5) is 29.0. The van der Waals surface area contributed by atoms with Gasteiger partial charge in [0.1, 0.15) is 11.6 Å². The Morgan fingerprint density at radius 3 is 2.03 bits per heavy atom. The fourth-order valence-electron chi connectivity index (χ4n) is 3.68. The highest BCUT2D eigenvalue weighted by atomic mass is 19.1. The summed E-state index contributed by atoms with van der Waals surface area (Å²) in [5.41, 5.74) is 1.41. The SMILES string of the molecule is CC(C)C(Cc1ccc(F)cc1)NC(=O)N1CCCN(C(=O)c2ccc(F)cc2)CC1. The number of hydrogen-bond acceptors (Lipinski definition) is 2. The van der Waals surface area contributed by atoms with Gasteiger partial charge in [-0.05, 0) is 60.7 Å². The highest BCUT2D eigenvalue weighted by molar-refractivity contribution is 5.94. The van der Waals surface area contributed by atoms with Gasteiger partial charge in [-0.1, -0.05) is 26.0 Å². The van der Waals surface area contributed by atoms with E-state index in [-0.39, 0.29) is 35.5 Å². The van der Waals surface area contributed by atoms with Gasteiger partial charge >= 0.3 is 6.03 Å². The van der Waals surface area contributed by atoms with Crippen LogP contribution in [0.25, 0.3) is 0 Å². The van der Waals surface area contributed by atoms with Gasteiger partial charge in [0.2, 0.25) is 0 Å². The predicted octanol–water partition coefficient (Wildman–Crippen LogP) is 4.09. The molecule has 166 valence electrons. The number of urea groups is 1. The summed E-state index contributed by atoms with van der Waals surface area (Å²) in [7, 11) is 0. The Bertz CT molecular complexity index is 885. The van der Waals surface area contributed by atoms with E-state index in [1.807, 2.05) is 13.8 Å². The van der Waals surface area contributed by atoms with Crippen molar-refractivity contribution in [3.05, 3.63) is 71.3 Å². The van der Waals surface area contributed by atoms with Crippen LogP contribution in [-0.4, -0.2) is 54.0 Å². The topological polar surface area (TPSA) is 52.7 Å². The third-order valence-electron chi connectivity index (χ3n) is 5.64. The first-order chi connectivity index (χ1) is 14.8. The molecule has 1 N–H and O–H groups in total. The van der Waals surface area contributed by atoms with Crippen molar-refractivity contribution in [2.45, 2.75) is 32.7 Å². The van der Waals surface area contributed by atoms with Crippen LogP contribution >= 0.6 is 0 Å². The van der Waals surface area contributed by atoms with Crippen LogP contribution in [0.5, 0.6) is 0 Å². The van der Waals surface area contributed by atoms with E-state index in [2.05, 4.69) is 5.32 Å². The van der Waals surface area contributed by atoms with E-state index in [4.69, 9.17) is 0 Å². The molecular formula is C24H29F2N3O2. The molecule has 1 saturated heterocycles. The lowest BCUT2D eigenvalue weighted by atomic mass is 9.96. The van der Waals surface area contributed by atoms with Crippen molar-refractivity contribution >= 4 is 11.9 Å². The van der Waals surface area contributed by atoms with Crippen LogP contribution in [0, 0.1) is 17.6 Å². The molecule has 0 aliphatic carbocycles. The lowest BCUT2D eigenvalue weighted by Crippen LogP contribution is -2.48. The summed E-state index contributed by atoms with van der Waals surface area (Å²) in [6.45, 7) is 6.04. The zero-order valence-corrected chi connectivity index (χ0v) is 18.0. The standard InChI is InChI=1S/C24H29F2N3O2/c1-17(2)22(16-18-4-8-20(25)9-5-18)27-24(31)29-13-3-12-28(14-15-29)23(30)19-6-10-21(26)11-7-19/h4-11,17,22H,3,12-16H2,1-2H3,(H,27,31). The molecule has 1 unspecified atom stereocenters. The van der Waals surface area contributed by atoms with Crippen LogP contribution in [0.1, 0.15) is 36.2 Å². The van der Waals surface area contributed by atoms with Crippen molar-refractivity contribution in [3.63, 3.8) is 0 Å². The van der Waals surface area contributed by atoms with Crippen LogP contribution in [0.2, 0.25) is 0 Å². The second-order valence-corrected chi connectivity index (χ2v) is 8.27. The zero-order valence-electron chi connectivity index (χ0n) is 18.0. The molecule has 1 aliphatic heterocycles. The van der Waals surface area contributed by atoms with Crippen molar-refractivity contribution < 1.29 is 18.4 Å². The second-order valence-electron chi connectivity index (χ2n) is 8.27. The number of halogens is 2. The Balaban J connectivity index is 1.58. The Morgan fingerprint density at radius 1 is 0.871 bits per heavy atom. The third kappa shape index (κ3) is 6.26. The van der Waals surface area contributed by atoms with Gasteiger partial charge < -0.3 is 15.1 Å². The third-order valence-corrected chi connectivity index (χ3v) is 5.64. The highest BCUT2D eigenvalue weighted by Crippen LogP contribution is 2.14. The largest absolute Gasteiger partial charge is 0.337 e. The second kappa shape index (κ2) is 10.4. The molecule has 31 heavy (non-hydrogen) atoms. The minimum Gasteiger partial charge on any atom is -0.337 e. The zero-order chi connectivity index (χ0) is 22.4. The fraction of sp³-hybridized carbons (Fsp3) is 0.417. The molecular weight excluding hydrogens is 400 g/mol. The molecule has 0 spiro atoms. The summed E-state index contributed by atoms with van der Waals surface area (Å²) in [6, 6.07) is 11.6. The van der Waals surface area contributed by atoms with Crippen LogP contribution in [0.3, 0.4) is 0 Å². The minimum absolute atomic E-state index is 0.0850. The molecule has 0 bridgehead atoms. The Kier molecular flexibility index (Phi) is 7.60. The number of nitrogens with zero attached hydrogens (tertiary/aromatic N) is 2. The maximum Gasteiger partial charge on any atom is 0.317 e. The van der Waals surface area contributed by atoms with Gasteiger partial charge in [0.05, 0.1) is 0 Å². The molecule has 7 heteroatoms. The quantitative estimate of drug-likeness (QED) is 0.778. The first-order valence-electron chi connectivity index (χ1n) is 10.7. The van der Waals surface area contributed by atoms with E-state index in [9.17, 15) is 18.4 Å². The van der Waals surface area contributed by atoms with E-state index in [1.165, 1.54) is 36.4 Å². The van der Waals surface area contributed by atoms with E-state index in [0.717, 1.165) is 5.56 Å². The highest BCUT2D eigenvalue weighted by Gasteiger charge is 2.25. The fourth-order valence-corrected chi connectivity index (χ4v) is 3.68. The van der Waals surface area contributed by atoms with E-state index >= 15 is 0 Å².